The molecule has 0 radical (unpaired) electrons. The molecule has 0 aliphatic carbocycles. The number of nitrogens with zero attached hydrogens (tertiary/aromatic N) is 2. The summed E-state index contributed by atoms with van der Waals surface area (Å²) in [6.07, 6.45) is 7.23. The van der Waals surface area contributed by atoms with Crippen molar-refractivity contribution in [2.45, 2.75) is 93.7 Å². The maximum Gasteiger partial charge on any atom is 0.333 e. The first-order valence-corrected chi connectivity index (χ1v) is 14.7. The number of unbranched alkanes of at least 4 members (excludes halogenated alkanes) is 3. The van der Waals surface area contributed by atoms with Crippen molar-refractivity contribution < 1.29 is 24.0 Å². The van der Waals surface area contributed by atoms with E-state index in [1.54, 1.807) is 0 Å². The molecule has 0 saturated carbocycles. The lowest BCUT2D eigenvalue weighted by Crippen LogP contribution is -2.36. The van der Waals surface area contributed by atoms with Crippen LogP contribution in [0.1, 0.15) is 71.1 Å². The second-order valence-corrected chi connectivity index (χ2v) is 11.7. The lowest BCUT2D eigenvalue weighted by atomic mass is 10.0. The predicted molar refractivity (Wildman–Crippen MR) is 138 cm³/mol. The molecule has 0 aromatic rings. The number of rotatable bonds is 15. The van der Waals surface area contributed by atoms with Crippen LogP contribution in [0.3, 0.4) is 0 Å². The molecular formula is C23H37N5O5S2. The maximum absolute atomic E-state index is 12.5. The Morgan fingerprint density at radius 2 is 2.00 bits per heavy atom. The van der Waals surface area contributed by atoms with Gasteiger partial charge in [-0.25, -0.2) is 9.59 Å². The van der Waals surface area contributed by atoms with Crippen LogP contribution >= 0.6 is 23.5 Å². The zero-order valence-corrected chi connectivity index (χ0v) is 22.0. The molecule has 196 valence electrons. The van der Waals surface area contributed by atoms with Crippen LogP contribution in [0.5, 0.6) is 0 Å². The minimum atomic E-state index is -0.572. The van der Waals surface area contributed by atoms with E-state index in [-0.39, 0.29) is 31.0 Å². The number of aliphatic imine (C=N–C) groups is 1. The minimum absolute atomic E-state index is 0.0403. The number of hydroxylamine groups is 2. The van der Waals surface area contributed by atoms with E-state index in [1.165, 1.54) is 11.8 Å². The van der Waals surface area contributed by atoms with Crippen LogP contribution in [0, 0.1) is 0 Å². The third-order valence-corrected chi connectivity index (χ3v) is 9.09. The van der Waals surface area contributed by atoms with Gasteiger partial charge in [0.15, 0.2) is 0 Å². The fourth-order valence-corrected chi connectivity index (χ4v) is 6.99. The van der Waals surface area contributed by atoms with Crippen molar-refractivity contribution in [3.63, 3.8) is 0 Å². The van der Waals surface area contributed by atoms with Crippen LogP contribution in [-0.4, -0.2) is 75.3 Å². The van der Waals surface area contributed by atoms with Crippen molar-refractivity contribution in [1.82, 2.24) is 15.7 Å². The first kappa shape index (κ1) is 27.6. The number of thioether (sulfide) groups is 2. The van der Waals surface area contributed by atoms with Gasteiger partial charge < -0.3 is 21.2 Å². The molecule has 3 fully saturated rings. The normalized spacial score (nSPS) is 26.1. The van der Waals surface area contributed by atoms with Gasteiger partial charge in [0, 0.05) is 30.4 Å². The number of urea groups is 1. The molecular weight excluding hydrogens is 490 g/mol. The first-order valence-electron chi connectivity index (χ1n) is 12.6. The van der Waals surface area contributed by atoms with E-state index in [0.717, 1.165) is 50.8 Å². The summed E-state index contributed by atoms with van der Waals surface area (Å²) < 4.78 is 0. The summed E-state index contributed by atoms with van der Waals surface area (Å²) in [6, 6.07) is 0.214. The van der Waals surface area contributed by atoms with Crippen LogP contribution < -0.4 is 16.4 Å². The summed E-state index contributed by atoms with van der Waals surface area (Å²) in [5.41, 5.74) is 5.92. The highest BCUT2D eigenvalue weighted by atomic mass is 32.2. The number of amidine groups is 1. The predicted octanol–water partition coefficient (Wildman–Crippen LogP) is 2.36. The number of fused-ring (bicyclic) bond motifs is 1. The molecule has 3 saturated heterocycles. The molecule has 0 aromatic heterocycles. The Morgan fingerprint density at radius 1 is 1.17 bits per heavy atom. The third kappa shape index (κ3) is 8.30. The van der Waals surface area contributed by atoms with Gasteiger partial charge in [0.2, 0.25) is 0 Å². The number of imide groups is 1. The average molecular weight is 528 g/mol. The summed E-state index contributed by atoms with van der Waals surface area (Å²) in [4.78, 5) is 57.9. The number of hydrogen-bond acceptors (Lipinski definition) is 8. The number of hydrogen-bond donors (Lipinski definition) is 3. The van der Waals surface area contributed by atoms with E-state index in [4.69, 9.17) is 10.6 Å². The van der Waals surface area contributed by atoms with E-state index >= 15 is 0 Å². The SMILES string of the molecule is CCCCCN=C(N)CCCSC1CC(=O)N(OC(=O)CCCC[C@@H]2SC[C@@H]3NC(=O)N[C@@H]32)C1=O. The van der Waals surface area contributed by atoms with Crippen LogP contribution in [0.25, 0.3) is 0 Å². The van der Waals surface area contributed by atoms with Crippen molar-refractivity contribution in [2.75, 3.05) is 18.1 Å². The summed E-state index contributed by atoms with van der Waals surface area (Å²) in [5.74, 6) is 0.685. The van der Waals surface area contributed by atoms with Crippen molar-refractivity contribution >= 4 is 53.2 Å². The number of amides is 4. The second kappa shape index (κ2) is 14.0. The fourth-order valence-electron chi connectivity index (χ4n) is 4.36. The first-order chi connectivity index (χ1) is 16.9. The van der Waals surface area contributed by atoms with Crippen molar-refractivity contribution in [3.8, 4) is 0 Å². The highest BCUT2D eigenvalue weighted by molar-refractivity contribution is 8.00. The maximum atomic E-state index is 12.5. The Bertz CT molecular complexity index is 811. The minimum Gasteiger partial charge on any atom is -0.387 e. The van der Waals surface area contributed by atoms with Gasteiger partial charge in [0.05, 0.1) is 29.6 Å². The Morgan fingerprint density at radius 3 is 2.80 bits per heavy atom. The topological polar surface area (TPSA) is 143 Å². The fraction of sp³-hybridized carbons (Fsp3) is 0.783. The van der Waals surface area contributed by atoms with Crippen LogP contribution in [0.15, 0.2) is 4.99 Å². The molecule has 4 amide bonds. The Labute approximate surface area is 215 Å². The van der Waals surface area contributed by atoms with E-state index in [0.29, 0.717) is 34.7 Å². The standard InChI is InChI=1S/C23H37N5O5S2/c1-2-3-6-11-25-18(24)9-7-12-34-17-13-19(29)28(22(17)31)33-20(30)10-5-4-8-16-21-15(14-35-16)26-23(32)27-21/h15-17,21H,2-14H2,1H3,(H2,24,25)(H2,26,27,32)/t15-,16-,17?,21-/m0/s1. The molecule has 3 aliphatic rings. The quantitative estimate of drug-likeness (QED) is 0.0968. The Hall–Kier alpha value is -1.95. The number of nitrogens with two attached hydrogens (primary N) is 1. The Balaban J connectivity index is 1.28. The van der Waals surface area contributed by atoms with E-state index in [9.17, 15) is 19.2 Å². The molecule has 0 aromatic carbocycles. The van der Waals surface area contributed by atoms with Gasteiger partial charge in [-0.2, -0.15) is 11.8 Å². The van der Waals surface area contributed by atoms with Crippen molar-refractivity contribution in [3.05, 3.63) is 0 Å². The lowest BCUT2D eigenvalue weighted by Gasteiger charge is -2.16. The molecule has 0 bridgehead atoms. The number of nitrogens with one attached hydrogen (secondary N) is 2. The monoisotopic (exact) mass is 527 g/mol. The zero-order valence-electron chi connectivity index (χ0n) is 20.3. The largest absolute Gasteiger partial charge is 0.387 e. The lowest BCUT2D eigenvalue weighted by molar-refractivity contribution is -0.197. The van der Waals surface area contributed by atoms with E-state index in [1.807, 2.05) is 11.8 Å². The Kier molecular flexibility index (Phi) is 11.0. The summed E-state index contributed by atoms with van der Waals surface area (Å²) >= 11 is 3.22. The average Bonchev–Trinajstić information content (AvgIpc) is 3.46. The van der Waals surface area contributed by atoms with Crippen molar-refractivity contribution in [2.24, 2.45) is 10.7 Å². The molecule has 4 N–H and O–H groups in total. The van der Waals surface area contributed by atoms with Gasteiger partial charge in [0.1, 0.15) is 0 Å². The third-order valence-electron chi connectivity index (χ3n) is 6.29. The van der Waals surface area contributed by atoms with E-state index < -0.39 is 23.0 Å². The van der Waals surface area contributed by atoms with Gasteiger partial charge >= 0.3 is 12.0 Å². The molecule has 3 rings (SSSR count). The van der Waals surface area contributed by atoms with Gasteiger partial charge in [-0.1, -0.05) is 26.2 Å². The highest BCUT2D eigenvalue weighted by Gasteiger charge is 2.43. The summed E-state index contributed by atoms with van der Waals surface area (Å²) in [6.45, 7) is 2.89. The molecule has 35 heavy (non-hydrogen) atoms. The van der Waals surface area contributed by atoms with Crippen molar-refractivity contribution in [1.29, 1.82) is 0 Å². The smallest absolute Gasteiger partial charge is 0.333 e. The molecule has 3 aliphatic heterocycles. The summed E-state index contributed by atoms with van der Waals surface area (Å²) in [5, 5.41) is 6.31. The van der Waals surface area contributed by atoms with Gasteiger partial charge in [-0.15, -0.1) is 16.8 Å². The summed E-state index contributed by atoms with van der Waals surface area (Å²) in [7, 11) is 0. The second-order valence-electron chi connectivity index (χ2n) is 9.10. The van der Waals surface area contributed by atoms with Crippen LogP contribution in [0.2, 0.25) is 0 Å². The molecule has 1 unspecified atom stereocenters. The molecule has 3 heterocycles. The van der Waals surface area contributed by atoms with Gasteiger partial charge in [0.25, 0.3) is 11.8 Å². The molecule has 4 atom stereocenters. The zero-order chi connectivity index (χ0) is 25.2. The number of carbonyl (C=O) groups is 4. The van der Waals surface area contributed by atoms with Crippen LogP contribution in [0.4, 0.5) is 4.79 Å². The van der Waals surface area contributed by atoms with Crippen LogP contribution in [-0.2, 0) is 19.2 Å². The number of carbonyl (C=O) groups excluding carboxylic acids is 4. The van der Waals surface area contributed by atoms with E-state index in [2.05, 4.69) is 22.5 Å². The van der Waals surface area contributed by atoms with Gasteiger partial charge in [-0.05, 0) is 31.4 Å². The molecule has 10 nitrogen and oxygen atoms in total. The highest BCUT2D eigenvalue weighted by Crippen LogP contribution is 2.33. The molecule has 0 spiro atoms. The van der Waals surface area contributed by atoms with Gasteiger partial charge in [-0.3, -0.25) is 14.6 Å². The molecule has 12 heteroatoms.